The lowest BCUT2D eigenvalue weighted by molar-refractivity contribution is -0.132. The highest BCUT2D eigenvalue weighted by Gasteiger charge is 2.08. The fourth-order valence-electron chi connectivity index (χ4n) is 2.36. The lowest BCUT2D eigenvalue weighted by Crippen LogP contribution is -2.01. The molecule has 0 spiro atoms. The van der Waals surface area contributed by atoms with Crippen LogP contribution in [0.2, 0.25) is 0 Å². The monoisotopic (exact) mass is 312 g/mol. The van der Waals surface area contributed by atoms with Gasteiger partial charge in [-0.05, 0) is 55.0 Å². The topological polar surface area (TPSA) is 77.8 Å². The molecule has 2 aromatic carbocycles. The van der Waals surface area contributed by atoms with Gasteiger partial charge >= 0.3 is 5.97 Å². The molecule has 4 heteroatoms. The molecule has 0 atom stereocenters. The number of rotatable bonds is 7. The van der Waals surface area contributed by atoms with Crippen LogP contribution in [0.4, 0.5) is 0 Å². The van der Waals surface area contributed by atoms with Crippen LogP contribution >= 0.6 is 0 Å². The van der Waals surface area contributed by atoms with E-state index in [1.807, 2.05) is 18.2 Å². The molecule has 0 aromatic heterocycles. The Bertz CT molecular complexity index is 690. The van der Waals surface area contributed by atoms with Gasteiger partial charge in [0, 0.05) is 5.57 Å². The maximum atomic E-state index is 11.3. The highest BCUT2D eigenvalue weighted by molar-refractivity contribution is 5.92. The summed E-state index contributed by atoms with van der Waals surface area (Å²) in [6.07, 6.45) is 4.61. The van der Waals surface area contributed by atoms with Crippen LogP contribution in [0.25, 0.3) is 6.08 Å². The molecule has 0 aliphatic carbocycles. The molecule has 3 N–H and O–H groups in total. The molecule has 0 radical (unpaired) electrons. The number of aromatic hydroxyl groups is 2. The van der Waals surface area contributed by atoms with Crippen LogP contribution in [0.3, 0.4) is 0 Å². The Morgan fingerprint density at radius 2 is 1.70 bits per heavy atom. The molecular weight excluding hydrogens is 292 g/mol. The standard InChI is InChI=1S/C19H20O4/c20-17-11-10-15(13-18(17)21)12-16(19(22)23)9-5-4-8-14-6-2-1-3-7-14/h1-3,6-7,10-13,20-21H,4-5,8-9H2,(H,22,23)/b16-12+. The lowest BCUT2D eigenvalue weighted by atomic mass is 10.0. The van der Waals surface area contributed by atoms with Crippen molar-refractivity contribution in [2.24, 2.45) is 0 Å². The first-order valence-corrected chi connectivity index (χ1v) is 7.56. The van der Waals surface area contributed by atoms with Crippen LogP contribution in [0.5, 0.6) is 11.5 Å². The van der Waals surface area contributed by atoms with E-state index < -0.39 is 5.97 Å². The molecule has 23 heavy (non-hydrogen) atoms. The molecule has 0 heterocycles. The van der Waals surface area contributed by atoms with Crippen LogP contribution in [0, 0.1) is 0 Å². The predicted molar refractivity (Wildman–Crippen MR) is 89.4 cm³/mol. The largest absolute Gasteiger partial charge is 0.504 e. The third-order valence-electron chi connectivity index (χ3n) is 3.62. The van der Waals surface area contributed by atoms with Gasteiger partial charge in [-0.3, -0.25) is 0 Å². The minimum atomic E-state index is -0.961. The Labute approximate surface area is 135 Å². The van der Waals surface area contributed by atoms with E-state index in [-0.39, 0.29) is 11.5 Å². The second kappa shape index (κ2) is 8.03. The van der Waals surface area contributed by atoms with Crippen LogP contribution in [0.1, 0.15) is 30.4 Å². The van der Waals surface area contributed by atoms with Crippen molar-refractivity contribution >= 4 is 12.0 Å². The molecular formula is C19H20O4. The fourth-order valence-corrected chi connectivity index (χ4v) is 2.36. The molecule has 120 valence electrons. The van der Waals surface area contributed by atoms with E-state index in [1.165, 1.54) is 23.8 Å². The number of carbonyl (C=O) groups is 1. The number of carboxylic acids is 1. The van der Waals surface area contributed by atoms with Crippen molar-refractivity contribution in [3.05, 3.63) is 65.2 Å². The van der Waals surface area contributed by atoms with Gasteiger partial charge in [-0.2, -0.15) is 0 Å². The maximum Gasteiger partial charge on any atom is 0.331 e. The van der Waals surface area contributed by atoms with E-state index in [0.29, 0.717) is 17.6 Å². The summed E-state index contributed by atoms with van der Waals surface area (Å²) in [5, 5.41) is 28.0. The van der Waals surface area contributed by atoms with E-state index >= 15 is 0 Å². The zero-order valence-corrected chi connectivity index (χ0v) is 12.8. The summed E-state index contributed by atoms with van der Waals surface area (Å²) in [4.78, 5) is 11.3. The fraction of sp³-hybridized carbons (Fsp3) is 0.211. The number of hydrogen-bond acceptors (Lipinski definition) is 3. The second-order valence-electron chi connectivity index (χ2n) is 5.42. The Kier molecular flexibility index (Phi) is 5.80. The quantitative estimate of drug-likeness (QED) is 0.410. The molecule has 0 aliphatic heterocycles. The van der Waals surface area contributed by atoms with Gasteiger partial charge in [0.1, 0.15) is 0 Å². The average Bonchev–Trinajstić information content (AvgIpc) is 2.54. The SMILES string of the molecule is O=C(O)/C(=C/c1ccc(O)c(O)c1)CCCCc1ccccc1. The minimum Gasteiger partial charge on any atom is -0.504 e. The van der Waals surface area contributed by atoms with Crippen molar-refractivity contribution < 1.29 is 20.1 Å². The van der Waals surface area contributed by atoms with E-state index in [4.69, 9.17) is 0 Å². The van der Waals surface area contributed by atoms with Gasteiger partial charge in [-0.15, -0.1) is 0 Å². The number of aliphatic carboxylic acids is 1. The number of phenolic OH excluding ortho intramolecular Hbond substituents is 2. The van der Waals surface area contributed by atoms with Crippen molar-refractivity contribution in [1.29, 1.82) is 0 Å². The third kappa shape index (κ3) is 5.18. The summed E-state index contributed by atoms with van der Waals surface area (Å²) >= 11 is 0. The first-order chi connectivity index (χ1) is 11.1. The molecule has 0 saturated heterocycles. The summed E-state index contributed by atoms with van der Waals surface area (Å²) in [6, 6.07) is 14.4. The number of carboxylic acid groups (broad SMARTS) is 1. The van der Waals surface area contributed by atoms with Gasteiger partial charge in [-0.1, -0.05) is 36.4 Å². The minimum absolute atomic E-state index is 0.220. The van der Waals surface area contributed by atoms with E-state index in [0.717, 1.165) is 19.3 Å². The predicted octanol–water partition coefficient (Wildman–Crippen LogP) is 3.98. The normalized spacial score (nSPS) is 11.4. The Hall–Kier alpha value is -2.75. The first kappa shape index (κ1) is 16.6. The Balaban J connectivity index is 1.94. The molecule has 0 unspecified atom stereocenters. The van der Waals surface area contributed by atoms with Crippen LogP contribution in [-0.2, 0) is 11.2 Å². The molecule has 0 amide bonds. The summed E-state index contributed by atoms with van der Waals surface area (Å²) in [7, 11) is 0. The summed E-state index contributed by atoms with van der Waals surface area (Å²) in [5.74, 6) is -1.44. The van der Waals surface area contributed by atoms with Gasteiger partial charge < -0.3 is 15.3 Å². The van der Waals surface area contributed by atoms with Crippen molar-refractivity contribution in [1.82, 2.24) is 0 Å². The number of phenols is 2. The van der Waals surface area contributed by atoms with Crippen molar-refractivity contribution in [2.45, 2.75) is 25.7 Å². The van der Waals surface area contributed by atoms with Gasteiger partial charge in [0.15, 0.2) is 11.5 Å². The zero-order chi connectivity index (χ0) is 16.7. The molecule has 0 saturated carbocycles. The highest BCUT2D eigenvalue weighted by Crippen LogP contribution is 2.26. The van der Waals surface area contributed by atoms with Crippen molar-refractivity contribution in [3.8, 4) is 11.5 Å². The van der Waals surface area contributed by atoms with E-state index in [2.05, 4.69) is 12.1 Å². The Morgan fingerprint density at radius 1 is 0.957 bits per heavy atom. The number of hydrogen-bond donors (Lipinski definition) is 3. The Morgan fingerprint density at radius 3 is 2.35 bits per heavy atom. The maximum absolute atomic E-state index is 11.3. The van der Waals surface area contributed by atoms with Crippen molar-refractivity contribution in [2.75, 3.05) is 0 Å². The molecule has 0 aliphatic rings. The third-order valence-corrected chi connectivity index (χ3v) is 3.62. The first-order valence-electron chi connectivity index (χ1n) is 7.56. The number of aryl methyl sites for hydroxylation is 1. The van der Waals surface area contributed by atoms with E-state index in [9.17, 15) is 20.1 Å². The molecule has 2 rings (SSSR count). The number of benzene rings is 2. The van der Waals surface area contributed by atoms with Gasteiger partial charge in [0.05, 0.1) is 0 Å². The lowest BCUT2D eigenvalue weighted by Gasteiger charge is -2.05. The summed E-state index contributed by atoms with van der Waals surface area (Å²) in [6.45, 7) is 0. The second-order valence-corrected chi connectivity index (χ2v) is 5.42. The summed E-state index contributed by atoms with van der Waals surface area (Å²) in [5.41, 5.74) is 2.10. The highest BCUT2D eigenvalue weighted by atomic mass is 16.4. The molecule has 4 nitrogen and oxygen atoms in total. The van der Waals surface area contributed by atoms with Crippen LogP contribution in [0.15, 0.2) is 54.1 Å². The molecule has 0 fully saturated rings. The molecule has 2 aromatic rings. The number of unbranched alkanes of at least 4 members (excludes halogenated alkanes) is 1. The zero-order valence-electron chi connectivity index (χ0n) is 12.8. The average molecular weight is 312 g/mol. The van der Waals surface area contributed by atoms with Gasteiger partial charge in [-0.25, -0.2) is 4.79 Å². The van der Waals surface area contributed by atoms with Crippen LogP contribution < -0.4 is 0 Å². The van der Waals surface area contributed by atoms with Gasteiger partial charge in [0.2, 0.25) is 0 Å². The van der Waals surface area contributed by atoms with Crippen molar-refractivity contribution in [3.63, 3.8) is 0 Å². The van der Waals surface area contributed by atoms with Gasteiger partial charge in [0.25, 0.3) is 0 Å². The summed E-state index contributed by atoms with van der Waals surface area (Å²) < 4.78 is 0. The molecule has 0 bridgehead atoms. The smallest absolute Gasteiger partial charge is 0.331 e. The van der Waals surface area contributed by atoms with Crippen LogP contribution in [-0.4, -0.2) is 21.3 Å². The van der Waals surface area contributed by atoms with E-state index in [1.54, 1.807) is 6.07 Å².